The molecule has 0 bridgehead atoms. The van der Waals surface area contributed by atoms with Gasteiger partial charge >= 0.3 is 6.03 Å². The number of carbonyl (C=O) groups is 2. The Balaban J connectivity index is 2.17. The summed E-state index contributed by atoms with van der Waals surface area (Å²) in [5, 5.41) is 2.60. The second-order valence-electron chi connectivity index (χ2n) is 5.69. The molecule has 0 aromatic heterocycles. The van der Waals surface area contributed by atoms with Crippen LogP contribution in [0.5, 0.6) is 11.5 Å². The Bertz CT molecular complexity index is 591. The van der Waals surface area contributed by atoms with Crippen LogP contribution in [0.15, 0.2) is 18.2 Å². The van der Waals surface area contributed by atoms with Crippen molar-refractivity contribution in [1.29, 1.82) is 0 Å². The lowest BCUT2D eigenvalue weighted by Gasteiger charge is -2.36. The Kier molecular flexibility index (Phi) is 6.28. The number of amides is 3. The van der Waals surface area contributed by atoms with Crippen molar-refractivity contribution in [3.8, 4) is 11.5 Å². The van der Waals surface area contributed by atoms with E-state index >= 15 is 0 Å². The SMILES string of the molecule is CCOc1ccc(C(=O)N2CCCC[C@@H]2CNC(N)=O)cc1OC. The number of ether oxygens (including phenoxy) is 2. The van der Waals surface area contributed by atoms with E-state index in [2.05, 4.69) is 5.32 Å². The van der Waals surface area contributed by atoms with E-state index in [0.29, 0.717) is 36.8 Å². The highest BCUT2D eigenvalue weighted by Gasteiger charge is 2.28. The molecule has 1 saturated heterocycles. The van der Waals surface area contributed by atoms with Gasteiger partial charge in [-0.15, -0.1) is 0 Å². The fourth-order valence-electron chi connectivity index (χ4n) is 2.94. The van der Waals surface area contributed by atoms with Crippen LogP contribution in [-0.2, 0) is 0 Å². The van der Waals surface area contributed by atoms with Crippen molar-refractivity contribution in [2.75, 3.05) is 26.8 Å². The molecule has 1 aromatic rings. The van der Waals surface area contributed by atoms with Gasteiger partial charge in [0.1, 0.15) is 0 Å². The van der Waals surface area contributed by atoms with Gasteiger partial charge in [0.2, 0.25) is 0 Å². The van der Waals surface area contributed by atoms with Crippen LogP contribution in [-0.4, -0.2) is 49.7 Å². The minimum absolute atomic E-state index is 0.0451. The van der Waals surface area contributed by atoms with Crippen LogP contribution in [0.25, 0.3) is 0 Å². The van der Waals surface area contributed by atoms with E-state index in [-0.39, 0.29) is 11.9 Å². The van der Waals surface area contributed by atoms with Crippen LogP contribution in [0, 0.1) is 0 Å². The number of nitrogens with one attached hydrogen (secondary N) is 1. The predicted molar refractivity (Wildman–Crippen MR) is 90.4 cm³/mol. The van der Waals surface area contributed by atoms with E-state index < -0.39 is 6.03 Å². The number of hydrogen-bond acceptors (Lipinski definition) is 4. The second kappa shape index (κ2) is 8.42. The molecule has 3 amide bonds. The molecule has 1 aliphatic heterocycles. The number of hydrogen-bond donors (Lipinski definition) is 2. The maximum Gasteiger partial charge on any atom is 0.312 e. The van der Waals surface area contributed by atoms with Crippen molar-refractivity contribution in [2.45, 2.75) is 32.2 Å². The molecule has 0 saturated carbocycles. The first kappa shape index (κ1) is 17.9. The van der Waals surface area contributed by atoms with E-state index in [9.17, 15) is 9.59 Å². The summed E-state index contributed by atoms with van der Waals surface area (Å²) in [6.45, 7) is 3.45. The molecular weight excluding hydrogens is 310 g/mol. The second-order valence-corrected chi connectivity index (χ2v) is 5.69. The number of carbonyl (C=O) groups excluding carboxylic acids is 2. The molecule has 1 atom stereocenters. The largest absolute Gasteiger partial charge is 0.493 e. The van der Waals surface area contributed by atoms with Crippen LogP contribution < -0.4 is 20.5 Å². The highest BCUT2D eigenvalue weighted by Crippen LogP contribution is 2.29. The van der Waals surface area contributed by atoms with E-state index in [0.717, 1.165) is 19.3 Å². The molecule has 3 N–H and O–H groups in total. The van der Waals surface area contributed by atoms with E-state index in [1.165, 1.54) is 0 Å². The van der Waals surface area contributed by atoms with Crippen molar-refractivity contribution >= 4 is 11.9 Å². The van der Waals surface area contributed by atoms with Crippen molar-refractivity contribution in [3.05, 3.63) is 23.8 Å². The molecule has 0 spiro atoms. The van der Waals surface area contributed by atoms with Crippen molar-refractivity contribution in [3.63, 3.8) is 0 Å². The van der Waals surface area contributed by atoms with Gasteiger partial charge in [0, 0.05) is 24.7 Å². The van der Waals surface area contributed by atoms with Gasteiger partial charge in [-0.2, -0.15) is 0 Å². The van der Waals surface area contributed by atoms with Gasteiger partial charge in [0.05, 0.1) is 13.7 Å². The smallest absolute Gasteiger partial charge is 0.312 e. The number of methoxy groups -OCH3 is 1. The Morgan fingerprint density at radius 3 is 2.79 bits per heavy atom. The lowest BCUT2D eigenvalue weighted by atomic mass is 10.0. The minimum Gasteiger partial charge on any atom is -0.493 e. The Morgan fingerprint density at radius 1 is 1.33 bits per heavy atom. The Morgan fingerprint density at radius 2 is 2.12 bits per heavy atom. The molecule has 0 aliphatic carbocycles. The molecule has 1 aliphatic rings. The molecule has 0 unspecified atom stereocenters. The zero-order valence-corrected chi connectivity index (χ0v) is 14.2. The molecule has 7 heteroatoms. The first-order valence-corrected chi connectivity index (χ1v) is 8.22. The molecule has 1 aromatic carbocycles. The number of nitrogens with two attached hydrogens (primary N) is 1. The number of nitrogens with zero attached hydrogens (tertiary/aromatic N) is 1. The van der Waals surface area contributed by atoms with E-state index in [1.807, 2.05) is 6.92 Å². The first-order chi connectivity index (χ1) is 11.6. The fraction of sp³-hybridized carbons (Fsp3) is 0.529. The van der Waals surface area contributed by atoms with Crippen LogP contribution in [0.1, 0.15) is 36.5 Å². The van der Waals surface area contributed by atoms with Crippen molar-refractivity contribution in [2.24, 2.45) is 5.73 Å². The summed E-state index contributed by atoms with van der Waals surface area (Å²) in [5.74, 6) is 1.07. The molecule has 24 heavy (non-hydrogen) atoms. The number of benzene rings is 1. The van der Waals surface area contributed by atoms with Gasteiger partial charge in [0.15, 0.2) is 11.5 Å². The molecular formula is C17H25N3O4. The third kappa shape index (κ3) is 4.31. The maximum atomic E-state index is 12.9. The third-order valence-electron chi connectivity index (χ3n) is 4.11. The number of rotatable bonds is 6. The van der Waals surface area contributed by atoms with Gasteiger partial charge in [0.25, 0.3) is 5.91 Å². The summed E-state index contributed by atoms with van der Waals surface area (Å²) in [5.41, 5.74) is 5.68. The average Bonchev–Trinajstić information content (AvgIpc) is 2.60. The van der Waals surface area contributed by atoms with Crippen LogP contribution in [0.4, 0.5) is 4.79 Å². The molecule has 132 valence electrons. The summed E-state index contributed by atoms with van der Waals surface area (Å²) in [6, 6.07) is 4.56. The summed E-state index contributed by atoms with van der Waals surface area (Å²) < 4.78 is 10.8. The number of likely N-dealkylation sites (tertiary alicyclic amines) is 1. The Labute approximate surface area is 142 Å². The number of primary amides is 1. The zero-order chi connectivity index (χ0) is 17.5. The first-order valence-electron chi connectivity index (χ1n) is 8.22. The Hall–Kier alpha value is -2.44. The maximum absolute atomic E-state index is 12.9. The monoisotopic (exact) mass is 335 g/mol. The summed E-state index contributed by atoms with van der Waals surface area (Å²) in [7, 11) is 1.55. The number of piperidine rings is 1. The summed E-state index contributed by atoms with van der Waals surface area (Å²) >= 11 is 0. The molecule has 1 heterocycles. The number of urea groups is 1. The van der Waals surface area contributed by atoms with Crippen LogP contribution >= 0.6 is 0 Å². The van der Waals surface area contributed by atoms with Crippen LogP contribution in [0.3, 0.4) is 0 Å². The molecule has 0 radical (unpaired) electrons. The summed E-state index contributed by atoms with van der Waals surface area (Å²) in [6.07, 6.45) is 2.83. The standard InChI is InChI=1S/C17H25N3O4/c1-3-24-14-8-7-12(10-15(14)23-2)16(21)20-9-5-4-6-13(20)11-19-17(18)22/h7-8,10,13H,3-6,9,11H2,1-2H3,(H3,18,19,22)/t13-/m1/s1. The van der Waals surface area contributed by atoms with Crippen LogP contribution in [0.2, 0.25) is 0 Å². The summed E-state index contributed by atoms with van der Waals surface area (Å²) in [4.78, 5) is 25.6. The van der Waals surface area contributed by atoms with E-state index in [4.69, 9.17) is 15.2 Å². The van der Waals surface area contributed by atoms with Gasteiger partial charge in [-0.1, -0.05) is 0 Å². The van der Waals surface area contributed by atoms with Gasteiger partial charge < -0.3 is 25.4 Å². The molecule has 7 nitrogen and oxygen atoms in total. The van der Waals surface area contributed by atoms with Gasteiger partial charge in [-0.05, 0) is 44.4 Å². The normalized spacial score (nSPS) is 17.2. The quantitative estimate of drug-likeness (QED) is 0.828. The van der Waals surface area contributed by atoms with Gasteiger partial charge in [-0.3, -0.25) is 4.79 Å². The highest BCUT2D eigenvalue weighted by molar-refractivity contribution is 5.95. The van der Waals surface area contributed by atoms with Crippen molar-refractivity contribution < 1.29 is 19.1 Å². The van der Waals surface area contributed by atoms with Crippen molar-refractivity contribution in [1.82, 2.24) is 10.2 Å². The lowest BCUT2D eigenvalue weighted by Crippen LogP contribution is -2.50. The highest BCUT2D eigenvalue weighted by atomic mass is 16.5. The topological polar surface area (TPSA) is 93.9 Å². The lowest BCUT2D eigenvalue weighted by molar-refractivity contribution is 0.0614. The molecule has 2 rings (SSSR count). The van der Waals surface area contributed by atoms with Gasteiger partial charge in [-0.25, -0.2) is 4.79 Å². The van der Waals surface area contributed by atoms with E-state index in [1.54, 1.807) is 30.2 Å². The zero-order valence-electron chi connectivity index (χ0n) is 14.2. The third-order valence-corrected chi connectivity index (χ3v) is 4.11. The molecule has 1 fully saturated rings. The predicted octanol–water partition coefficient (Wildman–Crippen LogP) is 1.76. The average molecular weight is 335 g/mol. The minimum atomic E-state index is -0.573. The fourth-order valence-corrected chi connectivity index (χ4v) is 2.94.